The third-order valence-corrected chi connectivity index (χ3v) is 3.53. The fourth-order valence-electron chi connectivity index (χ4n) is 2.29. The molecule has 0 aliphatic rings. The molecule has 1 amide bonds. The van der Waals surface area contributed by atoms with Crippen molar-refractivity contribution in [2.75, 3.05) is 0 Å². The molecule has 22 heavy (non-hydrogen) atoms. The van der Waals surface area contributed by atoms with Crippen LogP contribution in [0.2, 0.25) is 0 Å². The van der Waals surface area contributed by atoms with E-state index in [0.717, 1.165) is 22.0 Å². The molecule has 110 valence electrons. The number of nitrogens with zero attached hydrogens (tertiary/aromatic N) is 2. The van der Waals surface area contributed by atoms with Crippen LogP contribution in [0.1, 0.15) is 21.5 Å². The molecule has 2 aromatic carbocycles. The average molecular weight is 293 g/mol. The van der Waals surface area contributed by atoms with Crippen LogP contribution in [0, 0.1) is 13.8 Å². The number of carbonyl (C=O) groups is 1. The highest BCUT2D eigenvalue weighted by atomic mass is 16.3. The third-order valence-electron chi connectivity index (χ3n) is 3.53. The minimum atomic E-state index is -0.443. The number of hydrogen-bond donors (Lipinski definition) is 2. The number of fused-ring (bicyclic) bond motifs is 1. The van der Waals surface area contributed by atoms with Crippen LogP contribution in [0.4, 0.5) is 5.69 Å². The van der Waals surface area contributed by atoms with E-state index in [1.165, 1.54) is 0 Å². The summed E-state index contributed by atoms with van der Waals surface area (Å²) in [5, 5.41) is 18.3. The van der Waals surface area contributed by atoms with E-state index in [-0.39, 0.29) is 11.6 Å². The zero-order valence-corrected chi connectivity index (χ0v) is 12.3. The predicted molar refractivity (Wildman–Crippen MR) is 84.7 cm³/mol. The van der Waals surface area contributed by atoms with Gasteiger partial charge in [-0.1, -0.05) is 35.9 Å². The Bertz CT molecular complexity index is 877. The van der Waals surface area contributed by atoms with Crippen LogP contribution in [-0.4, -0.2) is 16.0 Å². The first-order valence-corrected chi connectivity index (χ1v) is 6.89. The molecule has 0 saturated carbocycles. The van der Waals surface area contributed by atoms with Gasteiger partial charge in [0.15, 0.2) is 5.69 Å². The number of aromatic hydroxyl groups is 1. The molecule has 0 aliphatic carbocycles. The Morgan fingerprint density at radius 3 is 2.55 bits per heavy atom. The van der Waals surface area contributed by atoms with Gasteiger partial charge in [0.25, 0.3) is 5.91 Å². The Kier molecular flexibility index (Phi) is 3.47. The second kappa shape index (κ2) is 5.44. The first kappa shape index (κ1) is 14.0. The number of aromatic nitrogens is 1. The van der Waals surface area contributed by atoms with Crippen LogP contribution < -0.4 is 0 Å². The van der Waals surface area contributed by atoms with Gasteiger partial charge in [0.2, 0.25) is 5.88 Å². The Morgan fingerprint density at radius 1 is 1.09 bits per heavy atom. The minimum Gasteiger partial charge on any atom is -0.493 e. The molecule has 2 N–H and O–H groups in total. The number of aryl methyl sites for hydroxylation is 2. The summed E-state index contributed by atoms with van der Waals surface area (Å²) in [5.41, 5.74) is 3.58. The molecule has 3 aromatic rings. The van der Waals surface area contributed by atoms with E-state index >= 15 is 0 Å². The maximum absolute atomic E-state index is 12.0. The van der Waals surface area contributed by atoms with Crippen molar-refractivity contribution in [2.24, 2.45) is 10.2 Å². The molecule has 0 unspecified atom stereocenters. The summed E-state index contributed by atoms with van der Waals surface area (Å²) in [4.78, 5) is 14.9. The molecule has 5 heteroatoms. The number of H-pyrrole nitrogens is 1. The monoisotopic (exact) mass is 293 g/mol. The number of azo groups is 1. The first-order valence-electron chi connectivity index (χ1n) is 6.89. The van der Waals surface area contributed by atoms with E-state index in [4.69, 9.17) is 0 Å². The van der Waals surface area contributed by atoms with Crippen molar-refractivity contribution in [2.45, 2.75) is 13.8 Å². The molecule has 1 aromatic heterocycles. The van der Waals surface area contributed by atoms with Gasteiger partial charge in [0.05, 0.1) is 5.52 Å². The zero-order valence-electron chi connectivity index (χ0n) is 12.3. The number of amides is 1. The fraction of sp³-hybridized carbons (Fsp3) is 0.118. The zero-order chi connectivity index (χ0) is 15.7. The van der Waals surface area contributed by atoms with Crippen molar-refractivity contribution in [3.05, 3.63) is 59.2 Å². The highest BCUT2D eigenvalue weighted by molar-refractivity contribution is 5.97. The molecular formula is C17H15N3O2. The van der Waals surface area contributed by atoms with Gasteiger partial charge in [0.1, 0.15) is 0 Å². The van der Waals surface area contributed by atoms with Crippen molar-refractivity contribution in [1.29, 1.82) is 0 Å². The van der Waals surface area contributed by atoms with Gasteiger partial charge in [-0.2, -0.15) is 0 Å². The number of nitrogens with one attached hydrogen (secondary N) is 1. The number of rotatable bonds is 2. The van der Waals surface area contributed by atoms with Crippen molar-refractivity contribution in [1.82, 2.24) is 4.98 Å². The minimum absolute atomic E-state index is 0.0928. The molecule has 0 bridgehead atoms. The number of benzene rings is 2. The van der Waals surface area contributed by atoms with E-state index in [2.05, 4.69) is 15.2 Å². The van der Waals surface area contributed by atoms with Crippen LogP contribution in [0.25, 0.3) is 10.9 Å². The molecule has 1 heterocycles. The van der Waals surface area contributed by atoms with Crippen LogP contribution in [0.3, 0.4) is 0 Å². The fourth-order valence-corrected chi connectivity index (χ4v) is 2.29. The summed E-state index contributed by atoms with van der Waals surface area (Å²) in [6.45, 7) is 3.87. The SMILES string of the molecule is Cc1ccc(C(=O)N=Nc2c(O)[nH]c3c(C)cccc23)cc1. The number of carbonyl (C=O) groups excluding carboxylic acids is 1. The summed E-state index contributed by atoms with van der Waals surface area (Å²) in [5.74, 6) is -0.536. The van der Waals surface area contributed by atoms with Gasteiger partial charge >= 0.3 is 0 Å². The molecule has 0 atom stereocenters. The second-order valence-corrected chi connectivity index (χ2v) is 5.19. The summed E-state index contributed by atoms with van der Waals surface area (Å²) < 4.78 is 0. The van der Waals surface area contributed by atoms with E-state index in [9.17, 15) is 9.90 Å². The van der Waals surface area contributed by atoms with Gasteiger partial charge in [-0.3, -0.25) is 4.79 Å². The average Bonchev–Trinajstić information content (AvgIpc) is 2.83. The van der Waals surface area contributed by atoms with E-state index in [1.807, 2.05) is 44.2 Å². The standard InChI is InChI=1S/C17H15N3O2/c1-10-6-8-12(9-7-10)16(21)20-19-15-13-5-3-4-11(2)14(13)18-17(15)22/h3-9,18,22H,1-2H3. The van der Waals surface area contributed by atoms with Gasteiger partial charge in [0, 0.05) is 10.9 Å². The number of para-hydroxylation sites is 1. The lowest BCUT2D eigenvalue weighted by Gasteiger charge is -1.96. The third kappa shape index (κ3) is 2.48. The molecule has 0 spiro atoms. The lowest BCUT2D eigenvalue weighted by Crippen LogP contribution is -1.92. The van der Waals surface area contributed by atoms with Crippen molar-refractivity contribution in [3.63, 3.8) is 0 Å². The van der Waals surface area contributed by atoms with E-state index in [1.54, 1.807) is 12.1 Å². The molecule has 5 nitrogen and oxygen atoms in total. The summed E-state index contributed by atoms with van der Waals surface area (Å²) in [7, 11) is 0. The van der Waals surface area contributed by atoms with Crippen LogP contribution in [0.15, 0.2) is 52.7 Å². The molecule has 3 rings (SSSR count). The highest BCUT2D eigenvalue weighted by Crippen LogP contribution is 2.36. The van der Waals surface area contributed by atoms with Gasteiger partial charge in [-0.25, -0.2) is 0 Å². The van der Waals surface area contributed by atoms with Gasteiger partial charge in [-0.05, 0) is 31.5 Å². The number of aromatic amines is 1. The Balaban J connectivity index is 1.96. The predicted octanol–water partition coefficient (Wildman–Crippen LogP) is 4.41. The number of hydrogen-bond acceptors (Lipinski definition) is 3. The second-order valence-electron chi connectivity index (χ2n) is 5.19. The highest BCUT2D eigenvalue weighted by Gasteiger charge is 2.12. The lowest BCUT2D eigenvalue weighted by atomic mass is 10.1. The quantitative estimate of drug-likeness (QED) is 0.686. The van der Waals surface area contributed by atoms with Crippen LogP contribution in [0.5, 0.6) is 5.88 Å². The lowest BCUT2D eigenvalue weighted by molar-refractivity contribution is 0.0995. The molecule has 0 aliphatic heterocycles. The molecule has 0 fully saturated rings. The maximum atomic E-state index is 12.0. The van der Waals surface area contributed by atoms with E-state index < -0.39 is 5.91 Å². The maximum Gasteiger partial charge on any atom is 0.295 e. The largest absolute Gasteiger partial charge is 0.493 e. The first-order chi connectivity index (χ1) is 10.6. The Morgan fingerprint density at radius 2 is 1.82 bits per heavy atom. The molecule has 0 radical (unpaired) electrons. The van der Waals surface area contributed by atoms with Gasteiger partial charge < -0.3 is 10.1 Å². The van der Waals surface area contributed by atoms with Crippen LogP contribution >= 0.6 is 0 Å². The van der Waals surface area contributed by atoms with Crippen molar-refractivity contribution < 1.29 is 9.90 Å². The summed E-state index contributed by atoms with van der Waals surface area (Å²) in [6, 6.07) is 12.7. The van der Waals surface area contributed by atoms with Crippen molar-refractivity contribution in [3.8, 4) is 5.88 Å². The topological polar surface area (TPSA) is 77.8 Å². The Labute approximate surface area is 127 Å². The van der Waals surface area contributed by atoms with Crippen molar-refractivity contribution >= 4 is 22.5 Å². The smallest absolute Gasteiger partial charge is 0.295 e. The van der Waals surface area contributed by atoms with Crippen LogP contribution in [-0.2, 0) is 0 Å². The summed E-state index contributed by atoms with van der Waals surface area (Å²) >= 11 is 0. The molecule has 0 saturated heterocycles. The summed E-state index contributed by atoms with van der Waals surface area (Å²) in [6.07, 6.45) is 0. The molecular weight excluding hydrogens is 278 g/mol. The normalized spacial score (nSPS) is 11.4. The Hall–Kier alpha value is -2.95. The van der Waals surface area contributed by atoms with E-state index in [0.29, 0.717) is 5.56 Å². The van der Waals surface area contributed by atoms with Gasteiger partial charge in [-0.15, -0.1) is 10.2 Å².